The van der Waals surface area contributed by atoms with E-state index in [1.54, 1.807) is 30.3 Å². The summed E-state index contributed by atoms with van der Waals surface area (Å²) in [6.45, 7) is 1.54. The molecular weight excluding hydrogens is 269 g/mol. The summed E-state index contributed by atoms with van der Waals surface area (Å²) in [7, 11) is 0. The molecule has 0 aliphatic carbocycles. The molecule has 0 saturated carbocycles. The van der Waals surface area contributed by atoms with E-state index in [1.165, 1.54) is 18.9 Å². The van der Waals surface area contributed by atoms with Gasteiger partial charge < -0.3 is 9.32 Å². The first-order valence-corrected chi connectivity index (χ1v) is 7.40. The van der Waals surface area contributed by atoms with Crippen LogP contribution in [0.1, 0.15) is 36.2 Å². The van der Waals surface area contributed by atoms with Gasteiger partial charge >= 0.3 is 0 Å². The minimum absolute atomic E-state index is 0.0977. The highest BCUT2D eigenvalue weighted by molar-refractivity contribution is 5.92. The number of benzene rings is 1. The fourth-order valence-electron chi connectivity index (χ4n) is 2.69. The van der Waals surface area contributed by atoms with Crippen molar-refractivity contribution >= 4 is 5.91 Å². The van der Waals surface area contributed by atoms with Gasteiger partial charge in [-0.15, -0.1) is 0 Å². The molecule has 0 spiro atoms. The van der Waals surface area contributed by atoms with Crippen molar-refractivity contribution in [1.29, 1.82) is 0 Å². The average Bonchev–Trinajstić information content (AvgIpc) is 2.82. The molecular formula is C17H18FNO2. The summed E-state index contributed by atoms with van der Waals surface area (Å²) in [6, 6.07) is 9.70. The number of likely N-dealkylation sites (tertiary alicyclic amines) is 1. The van der Waals surface area contributed by atoms with Gasteiger partial charge in [-0.2, -0.15) is 0 Å². The lowest BCUT2D eigenvalue weighted by Crippen LogP contribution is -2.31. The third-order valence-corrected chi connectivity index (χ3v) is 3.85. The first-order valence-electron chi connectivity index (χ1n) is 7.40. The molecule has 4 heteroatoms. The number of furan rings is 1. The number of halogens is 1. The zero-order valence-corrected chi connectivity index (χ0v) is 11.8. The minimum atomic E-state index is -0.347. The molecule has 1 amide bonds. The van der Waals surface area contributed by atoms with Crippen LogP contribution in [0.2, 0.25) is 0 Å². The Kier molecular flexibility index (Phi) is 4.04. The predicted molar refractivity (Wildman–Crippen MR) is 78.5 cm³/mol. The van der Waals surface area contributed by atoms with Gasteiger partial charge in [-0.3, -0.25) is 4.79 Å². The SMILES string of the molecule is O=C(c1ccc(-c2ccccc2F)o1)N1CCCCCC1. The molecule has 0 radical (unpaired) electrons. The normalized spacial score (nSPS) is 15.8. The molecule has 3 nitrogen and oxygen atoms in total. The molecule has 0 atom stereocenters. The van der Waals surface area contributed by atoms with Crippen LogP contribution in [0.4, 0.5) is 4.39 Å². The molecule has 0 N–H and O–H groups in total. The minimum Gasteiger partial charge on any atom is -0.451 e. The lowest BCUT2D eigenvalue weighted by Gasteiger charge is -2.18. The van der Waals surface area contributed by atoms with Crippen molar-refractivity contribution in [2.75, 3.05) is 13.1 Å². The summed E-state index contributed by atoms with van der Waals surface area (Å²) in [6.07, 6.45) is 4.41. The van der Waals surface area contributed by atoms with E-state index in [0.717, 1.165) is 25.9 Å². The van der Waals surface area contributed by atoms with Crippen LogP contribution < -0.4 is 0 Å². The largest absolute Gasteiger partial charge is 0.451 e. The van der Waals surface area contributed by atoms with Crippen LogP contribution in [0, 0.1) is 5.82 Å². The Balaban J connectivity index is 1.81. The van der Waals surface area contributed by atoms with E-state index in [1.807, 2.05) is 4.90 Å². The van der Waals surface area contributed by atoms with Crippen LogP contribution in [0.5, 0.6) is 0 Å². The third kappa shape index (κ3) is 2.99. The number of amides is 1. The lowest BCUT2D eigenvalue weighted by molar-refractivity contribution is 0.0730. The van der Waals surface area contributed by atoms with E-state index >= 15 is 0 Å². The predicted octanol–water partition coefficient (Wildman–Crippen LogP) is 4.10. The summed E-state index contributed by atoms with van der Waals surface area (Å²) in [5.41, 5.74) is 0.382. The van der Waals surface area contributed by atoms with Crippen LogP contribution in [-0.4, -0.2) is 23.9 Å². The molecule has 1 aliphatic rings. The number of nitrogens with zero attached hydrogens (tertiary/aromatic N) is 1. The lowest BCUT2D eigenvalue weighted by atomic mass is 10.1. The van der Waals surface area contributed by atoms with E-state index in [4.69, 9.17) is 4.42 Å². The number of rotatable bonds is 2. The number of hydrogen-bond acceptors (Lipinski definition) is 2. The number of carbonyl (C=O) groups is 1. The molecule has 1 aromatic carbocycles. The maximum atomic E-state index is 13.7. The quantitative estimate of drug-likeness (QED) is 0.833. The van der Waals surface area contributed by atoms with Crippen molar-refractivity contribution in [3.63, 3.8) is 0 Å². The van der Waals surface area contributed by atoms with Crippen LogP contribution >= 0.6 is 0 Å². The van der Waals surface area contributed by atoms with Gasteiger partial charge in [0.15, 0.2) is 5.76 Å². The van der Waals surface area contributed by atoms with E-state index < -0.39 is 0 Å². The van der Waals surface area contributed by atoms with E-state index in [9.17, 15) is 9.18 Å². The van der Waals surface area contributed by atoms with Gasteiger partial charge in [-0.1, -0.05) is 25.0 Å². The molecule has 0 unspecified atom stereocenters. The first-order chi connectivity index (χ1) is 10.3. The van der Waals surface area contributed by atoms with Crippen molar-refractivity contribution < 1.29 is 13.6 Å². The van der Waals surface area contributed by atoms with Crippen LogP contribution in [0.15, 0.2) is 40.8 Å². The topological polar surface area (TPSA) is 33.5 Å². The number of carbonyl (C=O) groups excluding carboxylic acids is 1. The van der Waals surface area contributed by atoms with Crippen molar-refractivity contribution in [2.24, 2.45) is 0 Å². The zero-order valence-electron chi connectivity index (χ0n) is 11.8. The second-order valence-corrected chi connectivity index (χ2v) is 5.35. The van der Waals surface area contributed by atoms with Gasteiger partial charge in [-0.05, 0) is 37.1 Å². The molecule has 1 saturated heterocycles. The Hall–Kier alpha value is -2.10. The summed E-state index contributed by atoms with van der Waals surface area (Å²) in [4.78, 5) is 14.3. The highest BCUT2D eigenvalue weighted by atomic mass is 19.1. The highest BCUT2D eigenvalue weighted by Gasteiger charge is 2.21. The Bertz CT molecular complexity index is 627. The van der Waals surface area contributed by atoms with Crippen molar-refractivity contribution in [2.45, 2.75) is 25.7 Å². The second-order valence-electron chi connectivity index (χ2n) is 5.35. The fraction of sp³-hybridized carbons (Fsp3) is 0.353. The second kappa shape index (κ2) is 6.12. The standard InChI is InChI=1S/C17H18FNO2/c18-14-8-4-3-7-13(14)15-9-10-16(21-15)17(20)19-11-5-1-2-6-12-19/h3-4,7-10H,1-2,5-6,11-12H2. The maximum Gasteiger partial charge on any atom is 0.289 e. The average molecular weight is 287 g/mol. The Morgan fingerprint density at radius 1 is 1.00 bits per heavy atom. The smallest absolute Gasteiger partial charge is 0.289 e. The van der Waals surface area contributed by atoms with Gasteiger partial charge in [0.1, 0.15) is 11.6 Å². The molecule has 1 fully saturated rings. The highest BCUT2D eigenvalue weighted by Crippen LogP contribution is 2.25. The van der Waals surface area contributed by atoms with Gasteiger partial charge in [0.2, 0.25) is 0 Å². The van der Waals surface area contributed by atoms with Gasteiger partial charge in [0.25, 0.3) is 5.91 Å². The van der Waals surface area contributed by atoms with E-state index in [0.29, 0.717) is 11.3 Å². The first kappa shape index (κ1) is 13.9. The van der Waals surface area contributed by atoms with Crippen molar-refractivity contribution in [3.8, 4) is 11.3 Å². The fourth-order valence-corrected chi connectivity index (χ4v) is 2.69. The van der Waals surface area contributed by atoms with E-state index in [2.05, 4.69) is 0 Å². The van der Waals surface area contributed by atoms with Gasteiger partial charge in [-0.25, -0.2) is 4.39 Å². The van der Waals surface area contributed by atoms with Gasteiger partial charge in [0, 0.05) is 13.1 Å². The molecule has 110 valence electrons. The summed E-state index contributed by atoms with van der Waals surface area (Å²) in [5.74, 6) is 0.238. The summed E-state index contributed by atoms with van der Waals surface area (Å²) < 4.78 is 19.3. The van der Waals surface area contributed by atoms with Crippen LogP contribution in [-0.2, 0) is 0 Å². The zero-order chi connectivity index (χ0) is 14.7. The molecule has 0 bridgehead atoms. The van der Waals surface area contributed by atoms with Crippen LogP contribution in [0.25, 0.3) is 11.3 Å². The van der Waals surface area contributed by atoms with Crippen molar-refractivity contribution in [3.05, 3.63) is 48.0 Å². The van der Waals surface area contributed by atoms with E-state index in [-0.39, 0.29) is 17.5 Å². The molecule has 3 rings (SSSR count). The third-order valence-electron chi connectivity index (χ3n) is 3.85. The molecule has 2 heterocycles. The maximum absolute atomic E-state index is 13.7. The molecule has 2 aromatic rings. The monoisotopic (exact) mass is 287 g/mol. The van der Waals surface area contributed by atoms with Crippen molar-refractivity contribution in [1.82, 2.24) is 4.90 Å². The van der Waals surface area contributed by atoms with Crippen LogP contribution in [0.3, 0.4) is 0 Å². The molecule has 1 aromatic heterocycles. The Labute approximate surface area is 123 Å². The number of hydrogen-bond donors (Lipinski definition) is 0. The summed E-state index contributed by atoms with van der Waals surface area (Å²) in [5, 5.41) is 0. The molecule has 1 aliphatic heterocycles. The molecule has 21 heavy (non-hydrogen) atoms. The summed E-state index contributed by atoms with van der Waals surface area (Å²) >= 11 is 0. The Morgan fingerprint density at radius 3 is 2.43 bits per heavy atom. The Morgan fingerprint density at radius 2 is 1.71 bits per heavy atom. The van der Waals surface area contributed by atoms with Gasteiger partial charge in [0.05, 0.1) is 5.56 Å².